The van der Waals surface area contributed by atoms with Gasteiger partial charge < -0.3 is 15.2 Å². The lowest BCUT2D eigenvalue weighted by Gasteiger charge is -2.18. The monoisotopic (exact) mass is 355 g/mol. The fourth-order valence-corrected chi connectivity index (χ4v) is 3.13. The maximum atomic E-state index is 12.4. The molecule has 1 heterocycles. The van der Waals surface area contributed by atoms with Crippen molar-refractivity contribution in [1.29, 1.82) is 0 Å². The van der Waals surface area contributed by atoms with E-state index in [1.165, 1.54) is 6.07 Å². The molecule has 0 aliphatic carbocycles. The molecule has 1 saturated heterocycles. The summed E-state index contributed by atoms with van der Waals surface area (Å²) in [7, 11) is 0. The number of ether oxygens (including phenoxy) is 1. The van der Waals surface area contributed by atoms with Crippen LogP contribution in [0.5, 0.6) is 0 Å². The van der Waals surface area contributed by atoms with Crippen molar-refractivity contribution in [3.8, 4) is 0 Å². The van der Waals surface area contributed by atoms with Gasteiger partial charge >= 0.3 is 5.97 Å². The van der Waals surface area contributed by atoms with Gasteiger partial charge in [0.05, 0.1) is 23.7 Å². The first-order valence-corrected chi connectivity index (χ1v) is 7.59. The minimum atomic E-state index is -1.04. The van der Waals surface area contributed by atoms with Crippen molar-refractivity contribution in [1.82, 2.24) is 0 Å². The van der Waals surface area contributed by atoms with Crippen LogP contribution in [0.3, 0.4) is 0 Å². The van der Waals surface area contributed by atoms with Crippen molar-refractivity contribution < 1.29 is 19.4 Å². The van der Waals surface area contributed by atoms with E-state index in [9.17, 15) is 9.59 Å². The molecule has 2 N–H and O–H groups in total. The predicted molar refractivity (Wildman–Crippen MR) is 82.4 cm³/mol. The number of carbonyl (C=O) groups is 2. The Morgan fingerprint density at radius 1 is 1.24 bits per heavy atom. The van der Waals surface area contributed by atoms with Gasteiger partial charge in [0.2, 0.25) is 5.91 Å². The molecule has 0 spiro atoms. The first-order valence-electron chi connectivity index (χ1n) is 6.80. The molecule has 6 heteroatoms. The lowest BCUT2D eigenvalue weighted by atomic mass is 9.89. The molecule has 21 heavy (non-hydrogen) atoms. The molecule has 1 aliphatic rings. The maximum Gasteiger partial charge on any atom is 0.336 e. The fourth-order valence-electron chi connectivity index (χ4n) is 2.71. The number of anilines is 1. The number of halogens is 1. The molecule has 0 bridgehead atoms. The second kappa shape index (κ2) is 6.15. The number of carboxylic acids is 1. The summed E-state index contributed by atoms with van der Waals surface area (Å²) in [5, 5.41) is 11.9. The summed E-state index contributed by atoms with van der Waals surface area (Å²) in [5.74, 6) is -1.30. The molecule has 114 valence electrons. The van der Waals surface area contributed by atoms with Gasteiger partial charge in [0.15, 0.2) is 0 Å². The van der Waals surface area contributed by atoms with Gasteiger partial charge in [0.25, 0.3) is 0 Å². The van der Waals surface area contributed by atoms with Gasteiger partial charge in [-0.25, -0.2) is 4.79 Å². The van der Waals surface area contributed by atoms with E-state index in [2.05, 4.69) is 21.2 Å². The number of aromatic carboxylic acids is 1. The molecule has 4 unspecified atom stereocenters. The summed E-state index contributed by atoms with van der Waals surface area (Å²) >= 11 is 3.18. The topological polar surface area (TPSA) is 75.6 Å². The molecular formula is C15H18BrNO4. The van der Waals surface area contributed by atoms with Crippen molar-refractivity contribution in [2.45, 2.75) is 33.0 Å². The number of hydrogen-bond donors (Lipinski definition) is 2. The first kappa shape index (κ1) is 16.0. The number of nitrogens with one attached hydrogen (secondary N) is 1. The lowest BCUT2D eigenvalue weighted by Crippen LogP contribution is -2.32. The van der Waals surface area contributed by atoms with Crippen LogP contribution in [0, 0.1) is 11.8 Å². The van der Waals surface area contributed by atoms with Crippen LogP contribution in [-0.4, -0.2) is 29.2 Å². The summed E-state index contributed by atoms with van der Waals surface area (Å²) < 4.78 is 6.14. The molecule has 2 rings (SSSR count). The zero-order chi connectivity index (χ0) is 15.7. The van der Waals surface area contributed by atoms with Gasteiger partial charge in [-0.1, -0.05) is 6.92 Å². The van der Waals surface area contributed by atoms with Crippen LogP contribution in [0.4, 0.5) is 5.69 Å². The van der Waals surface area contributed by atoms with E-state index in [4.69, 9.17) is 9.84 Å². The molecule has 1 aliphatic heterocycles. The number of carboxylic acid groups (broad SMARTS) is 1. The van der Waals surface area contributed by atoms with Gasteiger partial charge in [-0.3, -0.25) is 4.79 Å². The van der Waals surface area contributed by atoms with E-state index in [-0.39, 0.29) is 35.5 Å². The van der Waals surface area contributed by atoms with E-state index in [0.717, 1.165) is 0 Å². The molecule has 1 fully saturated rings. The third-order valence-corrected chi connectivity index (χ3v) is 4.70. The third-order valence-electron chi connectivity index (χ3n) is 4.01. The fraction of sp³-hybridized carbons (Fsp3) is 0.467. The van der Waals surface area contributed by atoms with Crippen LogP contribution in [0.1, 0.15) is 31.1 Å². The van der Waals surface area contributed by atoms with Crippen molar-refractivity contribution in [2.24, 2.45) is 11.8 Å². The molecular weight excluding hydrogens is 338 g/mol. The second-order valence-electron chi connectivity index (χ2n) is 5.42. The van der Waals surface area contributed by atoms with Crippen LogP contribution < -0.4 is 5.32 Å². The Morgan fingerprint density at radius 2 is 1.90 bits per heavy atom. The van der Waals surface area contributed by atoms with Gasteiger partial charge in [-0.2, -0.15) is 0 Å². The summed E-state index contributed by atoms with van der Waals surface area (Å²) in [6.07, 6.45) is -0.111. The quantitative estimate of drug-likeness (QED) is 0.873. The Morgan fingerprint density at radius 3 is 2.43 bits per heavy atom. The summed E-state index contributed by atoms with van der Waals surface area (Å²) in [6.45, 7) is 5.83. The number of carbonyl (C=O) groups excluding carboxylic acids is 1. The smallest absolute Gasteiger partial charge is 0.336 e. The summed E-state index contributed by atoms with van der Waals surface area (Å²) in [6, 6.07) is 4.72. The minimum Gasteiger partial charge on any atom is -0.478 e. The zero-order valence-corrected chi connectivity index (χ0v) is 13.7. The highest BCUT2D eigenvalue weighted by molar-refractivity contribution is 9.10. The number of rotatable bonds is 3. The third kappa shape index (κ3) is 3.27. The van der Waals surface area contributed by atoms with E-state index in [1.54, 1.807) is 12.1 Å². The standard InChI is InChI=1S/C15H18BrNO4/c1-7-8(2)21-9(3)13(7)14(18)17-10-4-5-12(16)11(6-10)15(19)20/h4-9,13H,1-3H3,(H,17,18)(H,19,20). The number of benzene rings is 1. The largest absolute Gasteiger partial charge is 0.478 e. The minimum absolute atomic E-state index is 0.0373. The molecule has 1 aromatic rings. The van der Waals surface area contributed by atoms with E-state index >= 15 is 0 Å². The van der Waals surface area contributed by atoms with Crippen molar-refractivity contribution >= 4 is 33.5 Å². The number of amides is 1. The Hall–Kier alpha value is -1.40. The van der Waals surface area contributed by atoms with Crippen molar-refractivity contribution in [3.05, 3.63) is 28.2 Å². The SMILES string of the molecule is CC1OC(C)C(C(=O)Nc2ccc(Br)c(C(=O)O)c2)C1C. The molecule has 1 amide bonds. The molecule has 1 aromatic carbocycles. The average molecular weight is 356 g/mol. The highest BCUT2D eigenvalue weighted by Crippen LogP contribution is 2.33. The van der Waals surface area contributed by atoms with Crippen LogP contribution in [0.25, 0.3) is 0 Å². The summed E-state index contributed by atoms with van der Waals surface area (Å²) in [4.78, 5) is 23.5. The Labute approximate surface area is 131 Å². The predicted octanol–water partition coefficient (Wildman–Crippen LogP) is 3.15. The van der Waals surface area contributed by atoms with Gasteiger partial charge in [0.1, 0.15) is 0 Å². The average Bonchev–Trinajstić information content (AvgIpc) is 2.65. The highest BCUT2D eigenvalue weighted by Gasteiger charge is 2.41. The highest BCUT2D eigenvalue weighted by atomic mass is 79.9. The Bertz CT molecular complexity index is 575. The first-order chi connectivity index (χ1) is 9.81. The van der Waals surface area contributed by atoms with Crippen molar-refractivity contribution in [2.75, 3.05) is 5.32 Å². The van der Waals surface area contributed by atoms with Gasteiger partial charge in [-0.05, 0) is 53.9 Å². The molecule has 5 nitrogen and oxygen atoms in total. The molecule has 4 atom stereocenters. The Balaban J connectivity index is 2.17. The number of hydrogen-bond acceptors (Lipinski definition) is 3. The maximum absolute atomic E-state index is 12.4. The van der Waals surface area contributed by atoms with Crippen molar-refractivity contribution in [3.63, 3.8) is 0 Å². The zero-order valence-electron chi connectivity index (χ0n) is 12.1. The molecule has 0 saturated carbocycles. The van der Waals surface area contributed by atoms with E-state index < -0.39 is 5.97 Å². The van der Waals surface area contributed by atoms with Crippen LogP contribution >= 0.6 is 15.9 Å². The van der Waals surface area contributed by atoms with Crippen LogP contribution in [0.2, 0.25) is 0 Å². The molecule has 0 aromatic heterocycles. The van der Waals surface area contributed by atoms with Crippen LogP contribution in [0.15, 0.2) is 22.7 Å². The molecule has 0 radical (unpaired) electrons. The van der Waals surface area contributed by atoms with Gasteiger partial charge in [-0.15, -0.1) is 0 Å². The van der Waals surface area contributed by atoms with E-state index in [0.29, 0.717) is 10.2 Å². The Kier molecular flexibility index (Phi) is 4.68. The second-order valence-corrected chi connectivity index (χ2v) is 6.27. The lowest BCUT2D eigenvalue weighted by molar-refractivity contribution is -0.121. The van der Waals surface area contributed by atoms with E-state index in [1.807, 2.05) is 20.8 Å². The summed E-state index contributed by atoms with van der Waals surface area (Å²) in [5.41, 5.74) is 0.587. The van der Waals surface area contributed by atoms with Crippen LogP contribution in [-0.2, 0) is 9.53 Å². The normalized spacial score (nSPS) is 28.4. The van der Waals surface area contributed by atoms with Gasteiger partial charge in [0, 0.05) is 10.2 Å².